The highest BCUT2D eigenvalue weighted by Crippen LogP contribution is 2.30. The standard InChI is InChI=1S/C13H15FN2O3/c1-13(12(18)19)5-2-6-16(8-13)11(17)10-4-3-9(14)7-15-10/h3-4,7H,2,5-6,8H2,1H3,(H,18,19). The normalized spacial score (nSPS) is 23.2. The number of nitrogens with zero attached hydrogens (tertiary/aromatic N) is 2. The molecule has 1 N–H and O–H groups in total. The molecule has 1 aliphatic rings. The van der Waals surface area contributed by atoms with Crippen molar-refractivity contribution >= 4 is 11.9 Å². The SMILES string of the molecule is CC1(C(=O)O)CCCN(C(=O)c2ccc(F)cn2)C1. The van der Waals surface area contributed by atoms with Gasteiger partial charge < -0.3 is 10.0 Å². The van der Waals surface area contributed by atoms with Crippen LogP contribution in [0.25, 0.3) is 0 Å². The quantitative estimate of drug-likeness (QED) is 0.881. The average Bonchev–Trinajstić information content (AvgIpc) is 2.39. The second-order valence-corrected chi connectivity index (χ2v) is 5.06. The van der Waals surface area contributed by atoms with Crippen molar-refractivity contribution < 1.29 is 19.1 Å². The van der Waals surface area contributed by atoms with E-state index < -0.39 is 17.2 Å². The molecule has 2 heterocycles. The van der Waals surface area contributed by atoms with E-state index in [9.17, 15) is 19.1 Å². The van der Waals surface area contributed by atoms with E-state index in [1.807, 2.05) is 0 Å². The molecule has 0 spiro atoms. The molecule has 1 fully saturated rings. The number of likely N-dealkylation sites (tertiary alicyclic amines) is 1. The number of carbonyl (C=O) groups excluding carboxylic acids is 1. The topological polar surface area (TPSA) is 70.5 Å². The predicted octanol–water partition coefficient (Wildman–Crippen LogP) is 1.55. The van der Waals surface area contributed by atoms with Gasteiger partial charge in [-0.1, -0.05) is 0 Å². The molecular weight excluding hydrogens is 251 g/mol. The number of halogens is 1. The Kier molecular flexibility index (Phi) is 3.50. The lowest BCUT2D eigenvalue weighted by Crippen LogP contribution is -2.48. The summed E-state index contributed by atoms with van der Waals surface area (Å²) in [4.78, 5) is 28.6. The second-order valence-electron chi connectivity index (χ2n) is 5.06. The van der Waals surface area contributed by atoms with Gasteiger partial charge in [-0.25, -0.2) is 9.37 Å². The fraction of sp³-hybridized carbons (Fsp3) is 0.462. The predicted molar refractivity (Wildman–Crippen MR) is 65.1 cm³/mol. The first-order valence-electron chi connectivity index (χ1n) is 6.07. The lowest BCUT2D eigenvalue weighted by atomic mass is 9.82. The van der Waals surface area contributed by atoms with E-state index >= 15 is 0 Å². The molecule has 102 valence electrons. The van der Waals surface area contributed by atoms with Crippen molar-refractivity contribution in [2.75, 3.05) is 13.1 Å². The third kappa shape index (κ3) is 2.72. The molecule has 1 saturated heterocycles. The maximum Gasteiger partial charge on any atom is 0.311 e. The van der Waals surface area contributed by atoms with Crippen molar-refractivity contribution in [3.63, 3.8) is 0 Å². The number of piperidine rings is 1. The number of carboxylic acid groups (broad SMARTS) is 1. The Morgan fingerprint density at radius 3 is 2.79 bits per heavy atom. The molecular formula is C13H15FN2O3. The number of hydrogen-bond acceptors (Lipinski definition) is 3. The first-order chi connectivity index (χ1) is 8.92. The van der Waals surface area contributed by atoms with Crippen LogP contribution in [0.15, 0.2) is 18.3 Å². The van der Waals surface area contributed by atoms with E-state index in [0.29, 0.717) is 19.4 Å². The molecule has 1 aliphatic heterocycles. The Morgan fingerprint density at radius 2 is 2.21 bits per heavy atom. The van der Waals surface area contributed by atoms with Gasteiger partial charge in [0.2, 0.25) is 0 Å². The molecule has 0 aromatic carbocycles. The smallest absolute Gasteiger partial charge is 0.311 e. The summed E-state index contributed by atoms with van der Waals surface area (Å²) in [7, 11) is 0. The van der Waals surface area contributed by atoms with Crippen LogP contribution in [0.2, 0.25) is 0 Å². The molecule has 1 amide bonds. The van der Waals surface area contributed by atoms with E-state index in [-0.39, 0.29) is 18.1 Å². The molecule has 0 saturated carbocycles. The maximum atomic E-state index is 12.8. The van der Waals surface area contributed by atoms with Gasteiger partial charge >= 0.3 is 5.97 Å². The lowest BCUT2D eigenvalue weighted by molar-refractivity contribution is -0.150. The highest BCUT2D eigenvalue weighted by atomic mass is 19.1. The van der Waals surface area contributed by atoms with E-state index in [1.165, 1.54) is 17.0 Å². The summed E-state index contributed by atoms with van der Waals surface area (Å²) in [5.74, 6) is -1.77. The summed E-state index contributed by atoms with van der Waals surface area (Å²) in [5, 5.41) is 9.20. The third-order valence-electron chi connectivity index (χ3n) is 3.45. The number of carboxylic acids is 1. The average molecular weight is 266 g/mol. The van der Waals surface area contributed by atoms with Gasteiger partial charge in [-0.2, -0.15) is 0 Å². The fourth-order valence-electron chi connectivity index (χ4n) is 2.25. The zero-order valence-electron chi connectivity index (χ0n) is 10.6. The number of amides is 1. The molecule has 19 heavy (non-hydrogen) atoms. The first-order valence-corrected chi connectivity index (χ1v) is 6.07. The highest BCUT2D eigenvalue weighted by molar-refractivity contribution is 5.92. The van der Waals surface area contributed by atoms with Crippen LogP contribution in [0.3, 0.4) is 0 Å². The molecule has 0 bridgehead atoms. The zero-order chi connectivity index (χ0) is 14.0. The maximum absolute atomic E-state index is 12.8. The summed E-state index contributed by atoms with van der Waals surface area (Å²) in [5.41, 5.74) is -0.787. The van der Waals surface area contributed by atoms with Gasteiger partial charge in [0, 0.05) is 13.1 Å². The summed E-state index contributed by atoms with van der Waals surface area (Å²) in [6.07, 6.45) is 2.16. The Hall–Kier alpha value is -1.98. The van der Waals surface area contributed by atoms with Gasteiger partial charge in [0.05, 0.1) is 11.6 Å². The number of carbonyl (C=O) groups is 2. The van der Waals surface area contributed by atoms with E-state index in [0.717, 1.165) is 6.20 Å². The molecule has 1 atom stereocenters. The zero-order valence-corrected chi connectivity index (χ0v) is 10.6. The Balaban J connectivity index is 2.15. The van der Waals surface area contributed by atoms with Crippen molar-refractivity contribution in [3.05, 3.63) is 29.8 Å². The Labute approximate surface area is 110 Å². The van der Waals surface area contributed by atoms with Crippen LogP contribution in [0.4, 0.5) is 4.39 Å². The fourth-order valence-corrected chi connectivity index (χ4v) is 2.25. The van der Waals surface area contributed by atoms with E-state index in [2.05, 4.69) is 4.98 Å². The lowest BCUT2D eigenvalue weighted by Gasteiger charge is -2.37. The molecule has 1 aromatic rings. The molecule has 0 aliphatic carbocycles. The third-order valence-corrected chi connectivity index (χ3v) is 3.45. The highest BCUT2D eigenvalue weighted by Gasteiger charge is 2.39. The second kappa shape index (κ2) is 4.95. The summed E-state index contributed by atoms with van der Waals surface area (Å²) < 4.78 is 12.8. The largest absolute Gasteiger partial charge is 0.481 e. The van der Waals surface area contributed by atoms with Gasteiger partial charge in [-0.3, -0.25) is 9.59 Å². The van der Waals surface area contributed by atoms with Crippen molar-refractivity contribution in [1.82, 2.24) is 9.88 Å². The van der Waals surface area contributed by atoms with Gasteiger partial charge in [-0.15, -0.1) is 0 Å². The Morgan fingerprint density at radius 1 is 1.47 bits per heavy atom. The number of hydrogen-bond donors (Lipinski definition) is 1. The first kappa shape index (κ1) is 13.5. The minimum atomic E-state index is -0.923. The van der Waals surface area contributed by atoms with Crippen molar-refractivity contribution in [2.24, 2.45) is 5.41 Å². The molecule has 0 radical (unpaired) electrons. The summed E-state index contributed by atoms with van der Waals surface area (Å²) in [6.45, 7) is 2.29. The van der Waals surface area contributed by atoms with Crippen molar-refractivity contribution in [1.29, 1.82) is 0 Å². The van der Waals surface area contributed by atoms with Crippen LogP contribution in [0.1, 0.15) is 30.3 Å². The number of pyridine rings is 1. The number of aliphatic carboxylic acids is 1. The van der Waals surface area contributed by atoms with Gasteiger partial charge in [0.25, 0.3) is 5.91 Å². The summed E-state index contributed by atoms with van der Waals surface area (Å²) in [6, 6.07) is 2.48. The van der Waals surface area contributed by atoms with Gasteiger partial charge in [-0.05, 0) is 31.9 Å². The van der Waals surface area contributed by atoms with Crippen LogP contribution >= 0.6 is 0 Å². The van der Waals surface area contributed by atoms with Crippen LogP contribution in [-0.2, 0) is 4.79 Å². The molecule has 5 nitrogen and oxygen atoms in total. The summed E-state index contributed by atoms with van der Waals surface area (Å²) >= 11 is 0. The molecule has 2 rings (SSSR count). The van der Waals surface area contributed by atoms with Crippen LogP contribution < -0.4 is 0 Å². The minimum Gasteiger partial charge on any atom is -0.481 e. The van der Waals surface area contributed by atoms with Crippen molar-refractivity contribution in [2.45, 2.75) is 19.8 Å². The van der Waals surface area contributed by atoms with Crippen LogP contribution in [0.5, 0.6) is 0 Å². The van der Waals surface area contributed by atoms with E-state index in [1.54, 1.807) is 6.92 Å². The Bertz CT molecular complexity index is 503. The minimum absolute atomic E-state index is 0.135. The van der Waals surface area contributed by atoms with E-state index in [4.69, 9.17) is 0 Å². The monoisotopic (exact) mass is 266 g/mol. The van der Waals surface area contributed by atoms with Gasteiger partial charge in [0.1, 0.15) is 11.5 Å². The van der Waals surface area contributed by atoms with Crippen molar-refractivity contribution in [3.8, 4) is 0 Å². The molecule has 1 aromatic heterocycles. The van der Waals surface area contributed by atoms with Gasteiger partial charge in [0.15, 0.2) is 0 Å². The molecule has 6 heteroatoms. The number of rotatable bonds is 2. The molecule has 1 unspecified atom stereocenters. The van der Waals surface area contributed by atoms with Crippen LogP contribution in [0, 0.1) is 11.2 Å². The number of aromatic nitrogens is 1. The van der Waals surface area contributed by atoms with Crippen LogP contribution in [-0.4, -0.2) is 40.0 Å².